The van der Waals surface area contributed by atoms with E-state index in [-0.39, 0.29) is 6.04 Å². The van der Waals surface area contributed by atoms with Gasteiger partial charge >= 0.3 is 0 Å². The fourth-order valence-corrected chi connectivity index (χ4v) is 3.79. The Balaban J connectivity index is 1.57. The average Bonchev–Trinajstić information content (AvgIpc) is 3.16. The molecule has 0 saturated heterocycles. The van der Waals surface area contributed by atoms with Crippen molar-refractivity contribution >= 4 is 11.6 Å². The number of fused-ring (bicyclic) bond motifs is 1. The Labute approximate surface area is 151 Å². The Morgan fingerprint density at radius 2 is 2.24 bits per heavy atom. The summed E-state index contributed by atoms with van der Waals surface area (Å²) in [6.45, 7) is 2.70. The topological polar surface area (TPSA) is 60.6 Å². The van der Waals surface area contributed by atoms with Crippen LogP contribution in [0, 0.1) is 6.92 Å². The smallest absolute Gasteiger partial charge is 0.153 e. The standard InChI is InChI=1S/C18H21ClN6/c1-12-13(18(19)24(2)23-12)10-21-15-6-5-7-16-14(15)11-22-25(16)17-8-3-4-9-20-17/h3-4,8-9,11,15,21H,5-7,10H2,1-2H3/t15-/m0/s1. The molecule has 7 heteroatoms. The molecule has 0 saturated carbocycles. The van der Waals surface area contributed by atoms with E-state index in [1.54, 1.807) is 10.9 Å². The summed E-state index contributed by atoms with van der Waals surface area (Å²) >= 11 is 6.35. The Morgan fingerprint density at radius 3 is 2.96 bits per heavy atom. The van der Waals surface area contributed by atoms with E-state index < -0.39 is 0 Å². The fourth-order valence-electron chi connectivity index (χ4n) is 3.55. The van der Waals surface area contributed by atoms with Gasteiger partial charge in [-0.1, -0.05) is 17.7 Å². The highest BCUT2D eigenvalue weighted by Gasteiger charge is 2.25. The number of aromatic nitrogens is 5. The Hall–Kier alpha value is -2.18. The molecule has 3 aromatic rings. The van der Waals surface area contributed by atoms with Gasteiger partial charge in [-0.15, -0.1) is 0 Å². The lowest BCUT2D eigenvalue weighted by atomic mass is 9.93. The van der Waals surface area contributed by atoms with E-state index in [0.717, 1.165) is 36.3 Å². The van der Waals surface area contributed by atoms with Crippen LogP contribution in [0.2, 0.25) is 5.15 Å². The molecule has 0 amide bonds. The zero-order valence-electron chi connectivity index (χ0n) is 14.4. The summed E-state index contributed by atoms with van der Waals surface area (Å²) in [5.74, 6) is 0.871. The van der Waals surface area contributed by atoms with Crippen molar-refractivity contribution in [2.45, 2.75) is 38.8 Å². The highest BCUT2D eigenvalue weighted by atomic mass is 35.5. The van der Waals surface area contributed by atoms with Gasteiger partial charge in [0.05, 0.1) is 17.6 Å². The lowest BCUT2D eigenvalue weighted by molar-refractivity contribution is 0.454. The Bertz CT molecular complexity index is 883. The van der Waals surface area contributed by atoms with Crippen LogP contribution in [0.15, 0.2) is 30.6 Å². The first-order valence-corrected chi connectivity index (χ1v) is 8.92. The van der Waals surface area contributed by atoms with Crippen LogP contribution in [-0.4, -0.2) is 24.5 Å². The predicted octanol–water partition coefficient (Wildman–Crippen LogP) is 3.13. The third-order valence-electron chi connectivity index (χ3n) is 4.84. The third kappa shape index (κ3) is 2.96. The molecule has 0 fully saturated rings. The van der Waals surface area contributed by atoms with Crippen LogP contribution in [-0.2, 0) is 20.0 Å². The van der Waals surface area contributed by atoms with Crippen LogP contribution in [0.5, 0.6) is 0 Å². The van der Waals surface area contributed by atoms with Crippen molar-refractivity contribution < 1.29 is 0 Å². The van der Waals surface area contributed by atoms with Gasteiger partial charge in [-0.25, -0.2) is 9.67 Å². The molecule has 6 nitrogen and oxygen atoms in total. The van der Waals surface area contributed by atoms with Gasteiger partial charge in [0.1, 0.15) is 5.15 Å². The number of hydrogen-bond acceptors (Lipinski definition) is 4. The highest BCUT2D eigenvalue weighted by molar-refractivity contribution is 6.30. The SMILES string of the molecule is Cc1nn(C)c(Cl)c1CN[C@H]1CCCc2c1cnn2-c1ccccn1. The molecule has 0 aliphatic heterocycles. The second-order valence-corrected chi connectivity index (χ2v) is 6.81. The monoisotopic (exact) mass is 356 g/mol. The second-order valence-electron chi connectivity index (χ2n) is 6.45. The van der Waals surface area contributed by atoms with Gasteiger partial charge in [0.15, 0.2) is 5.82 Å². The van der Waals surface area contributed by atoms with E-state index in [4.69, 9.17) is 11.6 Å². The molecule has 130 valence electrons. The summed E-state index contributed by atoms with van der Waals surface area (Å²) in [6.07, 6.45) is 7.02. The van der Waals surface area contributed by atoms with E-state index in [9.17, 15) is 0 Å². The van der Waals surface area contributed by atoms with Crippen molar-refractivity contribution in [3.8, 4) is 5.82 Å². The normalized spacial score (nSPS) is 16.8. The largest absolute Gasteiger partial charge is 0.306 e. The first-order valence-electron chi connectivity index (χ1n) is 8.54. The average molecular weight is 357 g/mol. The first kappa shape index (κ1) is 16.3. The molecule has 0 bridgehead atoms. The van der Waals surface area contributed by atoms with Gasteiger partial charge in [0.25, 0.3) is 0 Å². The zero-order valence-corrected chi connectivity index (χ0v) is 15.2. The number of hydrogen-bond donors (Lipinski definition) is 1. The number of aryl methyl sites for hydroxylation is 2. The van der Waals surface area contributed by atoms with Crippen molar-refractivity contribution in [1.29, 1.82) is 0 Å². The van der Waals surface area contributed by atoms with Gasteiger partial charge in [0.2, 0.25) is 0 Å². The van der Waals surface area contributed by atoms with Gasteiger partial charge in [-0.2, -0.15) is 10.2 Å². The number of nitrogens with one attached hydrogen (secondary N) is 1. The second kappa shape index (κ2) is 6.61. The van der Waals surface area contributed by atoms with Crippen molar-refractivity contribution in [1.82, 2.24) is 29.9 Å². The molecule has 1 N–H and O–H groups in total. The summed E-state index contributed by atoms with van der Waals surface area (Å²) in [4.78, 5) is 4.43. The Morgan fingerprint density at radius 1 is 1.36 bits per heavy atom. The quantitative estimate of drug-likeness (QED) is 0.780. The summed E-state index contributed by atoms with van der Waals surface area (Å²) in [5.41, 5.74) is 4.54. The number of pyridine rings is 1. The molecule has 25 heavy (non-hydrogen) atoms. The lowest BCUT2D eigenvalue weighted by Crippen LogP contribution is -2.25. The molecule has 4 rings (SSSR count). The van der Waals surface area contributed by atoms with Crippen LogP contribution in [0.3, 0.4) is 0 Å². The summed E-state index contributed by atoms with van der Waals surface area (Å²) in [5, 5.41) is 13.3. The maximum atomic E-state index is 6.35. The van der Waals surface area contributed by atoms with E-state index in [0.29, 0.717) is 11.7 Å². The van der Waals surface area contributed by atoms with Crippen molar-refractivity contribution in [3.63, 3.8) is 0 Å². The van der Waals surface area contributed by atoms with E-state index in [2.05, 4.69) is 20.5 Å². The predicted molar refractivity (Wildman–Crippen MR) is 96.8 cm³/mol. The molecule has 0 radical (unpaired) electrons. The minimum Gasteiger partial charge on any atom is -0.306 e. The van der Waals surface area contributed by atoms with Crippen LogP contribution in [0.1, 0.15) is 41.4 Å². The molecule has 0 aromatic carbocycles. The van der Waals surface area contributed by atoms with Crippen molar-refractivity contribution in [2.75, 3.05) is 0 Å². The van der Waals surface area contributed by atoms with Crippen molar-refractivity contribution in [2.24, 2.45) is 7.05 Å². The fraction of sp³-hybridized carbons (Fsp3) is 0.389. The molecule has 0 spiro atoms. The third-order valence-corrected chi connectivity index (χ3v) is 5.32. The van der Waals surface area contributed by atoms with Crippen LogP contribution < -0.4 is 5.32 Å². The van der Waals surface area contributed by atoms with Gasteiger partial charge in [-0.3, -0.25) is 4.68 Å². The minimum atomic E-state index is 0.275. The zero-order chi connectivity index (χ0) is 17.4. The van der Waals surface area contributed by atoms with Gasteiger partial charge < -0.3 is 5.32 Å². The number of nitrogens with zero attached hydrogens (tertiary/aromatic N) is 5. The van der Waals surface area contributed by atoms with E-state index in [1.165, 1.54) is 11.3 Å². The maximum Gasteiger partial charge on any atom is 0.153 e. The van der Waals surface area contributed by atoms with Crippen LogP contribution >= 0.6 is 11.6 Å². The summed E-state index contributed by atoms with van der Waals surface area (Å²) in [7, 11) is 1.87. The van der Waals surface area contributed by atoms with E-state index in [1.807, 2.05) is 43.0 Å². The lowest BCUT2D eigenvalue weighted by Gasteiger charge is -2.24. The van der Waals surface area contributed by atoms with Gasteiger partial charge in [0, 0.05) is 37.0 Å². The molecule has 3 heterocycles. The molecule has 1 aliphatic rings. The highest BCUT2D eigenvalue weighted by Crippen LogP contribution is 2.31. The molecule has 1 atom stereocenters. The molecular weight excluding hydrogens is 336 g/mol. The van der Waals surface area contributed by atoms with Crippen LogP contribution in [0.25, 0.3) is 5.82 Å². The number of halogens is 1. The molecule has 0 unspecified atom stereocenters. The Kier molecular flexibility index (Phi) is 4.31. The summed E-state index contributed by atoms with van der Waals surface area (Å²) in [6, 6.07) is 6.17. The maximum absolute atomic E-state index is 6.35. The van der Waals surface area contributed by atoms with E-state index >= 15 is 0 Å². The number of rotatable bonds is 4. The molecule has 1 aliphatic carbocycles. The van der Waals surface area contributed by atoms with Gasteiger partial charge in [-0.05, 0) is 38.3 Å². The minimum absolute atomic E-state index is 0.275. The van der Waals surface area contributed by atoms with Crippen molar-refractivity contribution in [3.05, 3.63) is 58.3 Å². The first-order chi connectivity index (χ1) is 12.1. The molecule has 3 aromatic heterocycles. The summed E-state index contributed by atoms with van der Waals surface area (Å²) < 4.78 is 3.69. The molecular formula is C18H21ClN6. The van der Waals surface area contributed by atoms with Crippen LogP contribution in [0.4, 0.5) is 0 Å².